The first kappa shape index (κ1) is 29.3. The van der Waals surface area contributed by atoms with Crippen LogP contribution in [0.15, 0.2) is 50.8 Å². The number of hydrogen-bond acceptors (Lipinski definition) is 8. The van der Waals surface area contributed by atoms with Gasteiger partial charge in [0, 0.05) is 12.1 Å². The van der Waals surface area contributed by atoms with Crippen molar-refractivity contribution in [2.24, 2.45) is 15.4 Å². The number of ether oxygens (including phenoxy) is 1. The Bertz CT molecular complexity index is 1520. The molecule has 2 aliphatic rings. The number of carbonyl (C=O) groups excluding carboxylic acids is 2. The molecule has 2 aromatic carbocycles. The van der Waals surface area contributed by atoms with E-state index in [1.807, 2.05) is 33.8 Å². The third kappa shape index (κ3) is 5.22. The molecule has 40 heavy (non-hydrogen) atoms. The van der Waals surface area contributed by atoms with Gasteiger partial charge in [-0.15, -0.1) is 4.40 Å². The van der Waals surface area contributed by atoms with E-state index in [0.717, 1.165) is 4.90 Å². The predicted octanol–water partition coefficient (Wildman–Crippen LogP) is 5.17. The summed E-state index contributed by atoms with van der Waals surface area (Å²) >= 11 is 0. The quantitative estimate of drug-likeness (QED) is 0.376. The van der Waals surface area contributed by atoms with Gasteiger partial charge in [-0.1, -0.05) is 33.8 Å². The predicted molar refractivity (Wildman–Crippen MR) is 153 cm³/mol. The molecule has 2 heterocycles. The average Bonchev–Trinajstić information content (AvgIpc) is 3.26. The van der Waals surface area contributed by atoms with Crippen molar-refractivity contribution in [3.63, 3.8) is 0 Å². The number of anilines is 1. The number of sulfonamides is 1. The molecule has 4 rings (SSSR count). The monoisotopic (exact) mass is 568 g/mol. The number of nitrogens with zero attached hydrogens (tertiary/aromatic N) is 4. The minimum atomic E-state index is -3.92. The second-order valence-electron chi connectivity index (χ2n) is 11.5. The largest absolute Gasteiger partial charge is 0.508 e. The molecule has 0 aliphatic carbocycles. The zero-order valence-corrected chi connectivity index (χ0v) is 24.7. The number of carbonyl (C=O) groups is 2. The smallest absolute Gasteiger partial charge is 0.421 e. The number of rotatable bonds is 6. The third-order valence-electron chi connectivity index (χ3n) is 6.99. The van der Waals surface area contributed by atoms with Crippen molar-refractivity contribution in [2.75, 3.05) is 11.4 Å². The summed E-state index contributed by atoms with van der Waals surface area (Å²) in [6, 6.07) is 9.30. The lowest BCUT2D eigenvalue weighted by Crippen LogP contribution is -2.44. The van der Waals surface area contributed by atoms with Crippen molar-refractivity contribution in [1.82, 2.24) is 5.01 Å². The molecular formula is C29H36N4O6S. The molecule has 2 aromatic rings. The Morgan fingerprint density at radius 1 is 1.18 bits per heavy atom. The second kappa shape index (κ2) is 10.3. The highest BCUT2D eigenvalue weighted by molar-refractivity contribution is 7.90. The van der Waals surface area contributed by atoms with E-state index >= 15 is 0 Å². The number of hydrogen-bond donors (Lipinski definition) is 1. The molecule has 0 radical (unpaired) electrons. The number of benzene rings is 2. The van der Waals surface area contributed by atoms with Gasteiger partial charge in [-0.3, -0.25) is 4.79 Å². The number of aromatic hydroxyl groups is 1. The molecule has 11 heteroatoms. The van der Waals surface area contributed by atoms with Crippen LogP contribution in [0.4, 0.5) is 10.5 Å². The summed E-state index contributed by atoms with van der Waals surface area (Å²) in [5, 5.41) is 16.1. The van der Waals surface area contributed by atoms with Crippen molar-refractivity contribution in [3.05, 3.63) is 53.1 Å². The zero-order chi connectivity index (χ0) is 29.6. The van der Waals surface area contributed by atoms with E-state index in [1.54, 1.807) is 39.1 Å². The molecule has 0 unspecified atom stereocenters. The Hall–Kier alpha value is -3.73. The van der Waals surface area contributed by atoms with Crippen LogP contribution < -0.4 is 4.90 Å². The molecule has 2 amide bonds. The molecule has 0 fully saturated rings. The van der Waals surface area contributed by atoms with Crippen LogP contribution in [0, 0.1) is 5.92 Å². The van der Waals surface area contributed by atoms with Crippen molar-refractivity contribution < 1.29 is 27.9 Å². The summed E-state index contributed by atoms with van der Waals surface area (Å²) in [4.78, 5) is 27.8. The summed E-state index contributed by atoms with van der Waals surface area (Å²) in [5.74, 6) is -0.166. The number of hydrazone groups is 1. The third-order valence-corrected chi connectivity index (χ3v) is 8.32. The van der Waals surface area contributed by atoms with E-state index in [9.17, 15) is 23.1 Å². The van der Waals surface area contributed by atoms with Gasteiger partial charge in [-0.25, -0.2) is 14.7 Å². The van der Waals surface area contributed by atoms with E-state index in [2.05, 4.69) is 9.50 Å². The second-order valence-corrected chi connectivity index (χ2v) is 13.1. The maximum absolute atomic E-state index is 13.6. The highest BCUT2D eigenvalue weighted by Crippen LogP contribution is 2.47. The van der Waals surface area contributed by atoms with Gasteiger partial charge in [-0.05, 0) is 81.0 Å². The van der Waals surface area contributed by atoms with Crippen molar-refractivity contribution >= 4 is 39.8 Å². The molecule has 0 atom stereocenters. The van der Waals surface area contributed by atoms with E-state index < -0.39 is 27.1 Å². The van der Waals surface area contributed by atoms with Crippen LogP contribution in [-0.4, -0.2) is 54.7 Å². The summed E-state index contributed by atoms with van der Waals surface area (Å²) in [6.07, 6.45) is 1.84. The van der Waals surface area contributed by atoms with Gasteiger partial charge < -0.3 is 9.84 Å². The van der Waals surface area contributed by atoms with Gasteiger partial charge in [-0.2, -0.15) is 13.5 Å². The van der Waals surface area contributed by atoms with Crippen LogP contribution in [0.3, 0.4) is 0 Å². The molecule has 10 nitrogen and oxygen atoms in total. The SMILES string of the molecule is CCC1(CC)C(=O)N(C(=O)OC(C)(C)C)c2ccc(/C=N/N(CC(C)C)C3=NS(=O)(=O)c4ccc(O)cc43)cc21. The van der Waals surface area contributed by atoms with Gasteiger partial charge >= 0.3 is 6.09 Å². The fraction of sp³-hybridized carbons (Fsp3) is 0.448. The van der Waals surface area contributed by atoms with Crippen LogP contribution in [0.5, 0.6) is 5.75 Å². The number of phenolic OH excluding ortho intramolecular Hbond substituents is 1. The Morgan fingerprint density at radius 2 is 1.85 bits per heavy atom. The topological polar surface area (TPSA) is 129 Å². The van der Waals surface area contributed by atoms with Crippen LogP contribution in [0.25, 0.3) is 0 Å². The zero-order valence-electron chi connectivity index (χ0n) is 23.9. The number of phenols is 1. The summed E-state index contributed by atoms with van der Waals surface area (Å²) in [6.45, 7) is 13.4. The van der Waals surface area contributed by atoms with Crippen LogP contribution in [0.2, 0.25) is 0 Å². The van der Waals surface area contributed by atoms with Crippen molar-refractivity contribution in [3.8, 4) is 5.75 Å². The Kier molecular flexibility index (Phi) is 7.57. The van der Waals surface area contributed by atoms with Crippen LogP contribution >= 0.6 is 0 Å². The molecular weight excluding hydrogens is 532 g/mol. The summed E-state index contributed by atoms with van der Waals surface area (Å²) in [5.41, 5.74) is 0.475. The first-order valence-electron chi connectivity index (χ1n) is 13.4. The maximum Gasteiger partial charge on any atom is 0.421 e. The lowest BCUT2D eigenvalue weighted by molar-refractivity contribution is -0.123. The van der Waals surface area contributed by atoms with Crippen LogP contribution in [-0.2, 0) is 25.0 Å². The standard InChI is InChI=1S/C29H36N4O6S/c1-8-29(9-2)22-14-19(10-12-23(22)33(26(29)35)27(36)39-28(5,6)7)16-30-32(17-18(3)4)25-21-15-20(34)11-13-24(21)40(37,38)31-25/h10-16,18,34H,8-9,17H2,1-7H3/b30-16+. The van der Waals surface area contributed by atoms with E-state index in [0.29, 0.717) is 36.2 Å². The molecule has 0 saturated heterocycles. The fourth-order valence-corrected chi connectivity index (χ4v) is 6.25. The minimum Gasteiger partial charge on any atom is -0.508 e. The molecule has 2 aliphatic heterocycles. The Labute approximate surface area is 235 Å². The summed E-state index contributed by atoms with van der Waals surface area (Å²) in [7, 11) is -3.92. The van der Waals surface area contributed by atoms with E-state index in [4.69, 9.17) is 4.74 Å². The highest BCUT2D eigenvalue weighted by Gasteiger charge is 2.51. The number of fused-ring (bicyclic) bond motifs is 2. The van der Waals surface area contributed by atoms with Crippen molar-refractivity contribution in [2.45, 2.75) is 77.2 Å². The lowest BCUT2D eigenvalue weighted by atomic mass is 9.76. The molecule has 1 N–H and O–H groups in total. The maximum atomic E-state index is 13.6. The van der Waals surface area contributed by atoms with E-state index in [-0.39, 0.29) is 33.9 Å². The van der Waals surface area contributed by atoms with Crippen molar-refractivity contribution in [1.29, 1.82) is 0 Å². The molecule has 214 valence electrons. The van der Waals surface area contributed by atoms with Crippen LogP contribution in [0.1, 0.15) is 78.0 Å². The van der Waals surface area contributed by atoms with Gasteiger partial charge in [0.1, 0.15) is 16.2 Å². The molecule has 0 spiro atoms. The minimum absolute atomic E-state index is 0.0122. The highest BCUT2D eigenvalue weighted by atomic mass is 32.2. The lowest BCUT2D eigenvalue weighted by Gasteiger charge is -2.27. The number of amidine groups is 1. The first-order chi connectivity index (χ1) is 18.6. The van der Waals surface area contributed by atoms with Gasteiger partial charge in [0.05, 0.1) is 17.3 Å². The van der Waals surface area contributed by atoms with Gasteiger partial charge in [0.15, 0.2) is 5.84 Å². The normalized spacial score (nSPS) is 17.2. The first-order valence-corrected chi connectivity index (χ1v) is 14.8. The molecule has 0 saturated carbocycles. The fourth-order valence-electron chi connectivity index (χ4n) is 5.06. The Morgan fingerprint density at radius 3 is 2.45 bits per heavy atom. The number of imide groups is 1. The number of amides is 2. The molecule has 0 aromatic heterocycles. The van der Waals surface area contributed by atoms with Gasteiger partial charge in [0.2, 0.25) is 5.91 Å². The van der Waals surface area contributed by atoms with E-state index in [1.165, 1.54) is 23.2 Å². The average molecular weight is 569 g/mol. The van der Waals surface area contributed by atoms with Gasteiger partial charge in [0.25, 0.3) is 10.0 Å². The molecule has 0 bridgehead atoms. The summed E-state index contributed by atoms with van der Waals surface area (Å²) < 4.78 is 34.9. The Balaban J connectivity index is 1.75.